The third-order valence-electron chi connectivity index (χ3n) is 2.41. The summed E-state index contributed by atoms with van der Waals surface area (Å²) in [5.41, 5.74) is 0.510. The van der Waals surface area contributed by atoms with Crippen molar-refractivity contribution in [2.45, 2.75) is 0 Å². The van der Waals surface area contributed by atoms with E-state index in [2.05, 4.69) is 4.74 Å². The molecule has 5 heteroatoms. The largest absolute Gasteiger partial charge is 0.463 e. The van der Waals surface area contributed by atoms with Crippen LogP contribution in [0.2, 0.25) is 0 Å². The highest BCUT2D eigenvalue weighted by Gasteiger charge is 2.22. The molecule has 0 atom stereocenters. The SMILES string of the molecule is COC(=O)c1cc2ccc3c(c2o1)OCO3. The topological polar surface area (TPSA) is 57.9 Å². The van der Waals surface area contributed by atoms with E-state index in [0.29, 0.717) is 17.1 Å². The molecule has 3 rings (SSSR count). The second-order valence-corrected chi connectivity index (χ2v) is 3.32. The Hall–Kier alpha value is -2.17. The van der Waals surface area contributed by atoms with Gasteiger partial charge in [0.25, 0.3) is 0 Å². The van der Waals surface area contributed by atoms with Crippen molar-refractivity contribution in [2.24, 2.45) is 0 Å². The van der Waals surface area contributed by atoms with E-state index in [1.165, 1.54) is 7.11 Å². The number of hydrogen-bond donors (Lipinski definition) is 0. The molecule has 82 valence electrons. The van der Waals surface area contributed by atoms with E-state index in [1.807, 2.05) is 0 Å². The quantitative estimate of drug-likeness (QED) is 0.687. The lowest BCUT2D eigenvalue weighted by atomic mass is 10.2. The van der Waals surface area contributed by atoms with Gasteiger partial charge in [-0.1, -0.05) is 0 Å². The number of fused-ring (bicyclic) bond motifs is 3. The number of rotatable bonds is 1. The van der Waals surface area contributed by atoms with Gasteiger partial charge in [-0.2, -0.15) is 0 Å². The molecule has 0 spiro atoms. The first-order valence-corrected chi connectivity index (χ1v) is 4.70. The van der Waals surface area contributed by atoms with Crippen molar-refractivity contribution in [2.75, 3.05) is 13.9 Å². The summed E-state index contributed by atoms with van der Waals surface area (Å²) in [7, 11) is 1.31. The fraction of sp³-hybridized carbons (Fsp3) is 0.182. The van der Waals surface area contributed by atoms with E-state index in [0.717, 1.165) is 5.39 Å². The normalized spacial score (nSPS) is 13.1. The molecule has 2 heterocycles. The summed E-state index contributed by atoms with van der Waals surface area (Å²) in [5.74, 6) is 0.802. The molecule has 16 heavy (non-hydrogen) atoms. The Bertz CT molecular complexity index is 569. The maximum absolute atomic E-state index is 11.3. The highest BCUT2D eigenvalue weighted by molar-refractivity contribution is 5.95. The Kier molecular flexibility index (Phi) is 1.80. The van der Waals surface area contributed by atoms with Gasteiger partial charge in [-0.15, -0.1) is 0 Å². The molecule has 0 fully saturated rings. The zero-order chi connectivity index (χ0) is 11.1. The number of ether oxygens (including phenoxy) is 3. The maximum Gasteiger partial charge on any atom is 0.373 e. The van der Waals surface area contributed by atoms with Crippen LogP contribution in [0, 0.1) is 0 Å². The lowest BCUT2D eigenvalue weighted by Crippen LogP contribution is -1.98. The Balaban J connectivity index is 2.21. The zero-order valence-electron chi connectivity index (χ0n) is 8.48. The number of hydrogen-bond acceptors (Lipinski definition) is 5. The van der Waals surface area contributed by atoms with Gasteiger partial charge in [0, 0.05) is 5.39 Å². The van der Waals surface area contributed by atoms with Crippen molar-refractivity contribution >= 4 is 16.9 Å². The van der Waals surface area contributed by atoms with E-state index < -0.39 is 5.97 Å². The molecule has 0 unspecified atom stereocenters. The van der Waals surface area contributed by atoms with Crippen LogP contribution in [0.25, 0.3) is 11.0 Å². The van der Waals surface area contributed by atoms with Gasteiger partial charge in [0.15, 0.2) is 11.3 Å². The van der Waals surface area contributed by atoms with Crippen molar-refractivity contribution in [1.29, 1.82) is 0 Å². The van der Waals surface area contributed by atoms with Crippen molar-refractivity contribution in [1.82, 2.24) is 0 Å². The van der Waals surface area contributed by atoms with E-state index in [1.54, 1.807) is 18.2 Å². The van der Waals surface area contributed by atoms with E-state index >= 15 is 0 Å². The smallest absolute Gasteiger partial charge is 0.373 e. The lowest BCUT2D eigenvalue weighted by Gasteiger charge is -1.95. The minimum Gasteiger partial charge on any atom is -0.463 e. The fourth-order valence-electron chi connectivity index (χ4n) is 1.66. The standard InChI is InChI=1S/C11H8O5/c1-13-11(12)8-4-6-2-3-7-10(9(6)16-8)15-5-14-7/h2-4H,5H2,1H3. The molecular formula is C11H8O5. The lowest BCUT2D eigenvalue weighted by molar-refractivity contribution is 0.0567. The number of methoxy groups -OCH3 is 1. The van der Waals surface area contributed by atoms with Gasteiger partial charge in [0.2, 0.25) is 18.3 Å². The van der Waals surface area contributed by atoms with Gasteiger partial charge < -0.3 is 18.6 Å². The molecule has 0 bridgehead atoms. The predicted molar refractivity (Wildman–Crippen MR) is 53.7 cm³/mol. The number of furan rings is 1. The van der Waals surface area contributed by atoms with E-state index in [9.17, 15) is 4.79 Å². The number of carbonyl (C=O) groups excluding carboxylic acids is 1. The van der Waals surface area contributed by atoms with Crippen LogP contribution < -0.4 is 9.47 Å². The maximum atomic E-state index is 11.3. The third kappa shape index (κ3) is 1.14. The average molecular weight is 220 g/mol. The molecule has 5 nitrogen and oxygen atoms in total. The molecule has 1 aliphatic heterocycles. The monoisotopic (exact) mass is 220 g/mol. The molecule has 0 N–H and O–H groups in total. The van der Waals surface area contributed by atoms with Gasteiger partial charge in [-0.3, -0.25) is 0 Å². The Morgan fingerprint density at radius 3 is 3.06 bits per heavy atom. The van der Waals surface area contributed by atoms with E-state index in [4.69, 9.17) is 13.9 Å². The zero-order valence-corrected chi connectivity index (χ0v) is 8.48. The minimum absolute atomic E-state index is 0.154. The molecule has 1 aliphatic rings. The van der Waals surface area contributed by atoms with E-state index in [-0.39, 0.29) is 12.6 Å². The highest BCUT2D eigenvalue weighted by atomic mass is 16.7. The molecule has 0 amide bonds. The molecule has 0 saturated carbocycles. The summed E-state index contributed by atoms with van der Waals surface area (Å²) in [6.07, 6.45) is 0. The van der Waals surface area contributed by atoms with Crippen LogP contribution in [0.4, 0.5) is 0 Å². The van der Waals surface area contributed by atoms with Gasteiger partial charge in [0.05, 0.1) is 7.11 Å². The molecule has 2 aromatic rings. The third-order valence-corrected chi connectivity index (χ3v) is 2.41. The fourth-order valence-corrected chi connectivity index (χ4v) is 1.66. The molecular weight excluding hydrogens is 212 g/mol. The van der Waals surface area contributed by atoms with Crippen LogP contribution in [0.5, 0.6) is 11.5 Å². The first-order valence-electron chi connectivity index (χ1n) is 4.70. The summed E-state index contributed by atoms with van der Waals surface area (Å²) in [4.78, 5) is 11.3. The highest BCUT2D eigenvalue weighted by Crippen LogP contribution is 2.40. The van der Waals surface area contributed by atoms with Gasteiger partial charge in [-0.05, 0) is 18.2 Å². The molecule has 0 saturated heterocycles. The van der Waals surface area contributed by atoms with Crippen molar-refractivity contribution in [3.05, 3.63) is 24.0 Å². The molecule has 1 aromatic heterocycles. The predicted octanol–water partition coefficient (Wildman–Crippen LogP) is 1.95. The number of benzene rings is 1. The first-order chi connectivity index (χ1) is 7.79. The second-order valence-electron chi connectivity index (χ2n) is 3.32. The van der Waals surface area contributed by atoms with Crippen molar-refractivity contribution in [3.63, 3.8) is 0 Å². The Morgan fingerprint density at radius 2 is 2.25 bits per heavy atom. The van der Waals surface area contributed by atoms with Gasteiger partial charge in [-0.25, -0.2) is 4.79 Å². The minimum atomic E-state index is -0.510. The second kappa shape index (κ2) is 3.16. The summed E-state index contributed by atoms with van der Waals surface area (Å²) in [5, 5.41) is 0.782. The molecule has 0 radical (unpaired) electrons. The number of carbonyl (C=O) groups is 1. The van der Waals surface area contributed by atoms with Crippen LogP contribution in [-0.2, 0) is 4.74 Å². The van der Waals surface area contributed by atoms with Crippen molar-refractivity contribution in [3.8, 4) is 11.5 Å². The summed E-state index contributed by atoms with van der Waals surface area (Å²) in [6.45, 7) is 0.169. The average Bonchev–Trinajstić information content (AvgIpc) is 2.92. The Labute approximate surface area is 90.5 Å². The van der Waals surface area contributed by atoms with Crippen LogP contribution in [0.3, 0.4) is 0 Å². The van der Waals surface area contributed by atoms with Crippen LogP contribution >= 0.6 is 0 Å². The Morgan fingerprint density at radius 1 is 1.38 bits per heavy atom. The van der Waals surface area contributed by atoms with Gasteiger partial charge in [0.1, 0.15) is 0 Å². The van der Waals surface area contributed by atoms with Crippen molar-refractivity contribution < 1.29 is 23.4 Å². The molecule has 1 aromatic carbocycles. The molecule has 0 aliphatic carbocycles. The van der Waals surface area contributed by atoms with Gasteiger partial charge >= 0.3 is 5.97 Å². The van der Waals surface area contributed by atoms with Crippen LogP contribution in [-0.4, -0.2) is 19.9 Å². The summed E-state index contributed by atoms with van der Waals surface area (Å²) >= 11 is 0. The van der Waals surface area contributed by atoms with Crippen LogP contribution in [0.1, 0.15) is 10.6 Å². The van der Waals surface area contributed by atoms with Crippen LogP contribution in [0.15, 0.2) is 22.6 Å². The first kappa shape index (κ1) is 9.08. The summed E-state index contributed by atoms with van der Waals surface area (Å²) in [6, 6.07) is 5.20. The number of esters is 1. The summed E-state index contributed by atoms with van der Waals surface area (Å²) < 4.78 is 20.4.